The molecule has 6 heteroatoms. The van der Waals surface area contributed by atoms with Crippen molar-refractivity contribution in [3.8, 4) is 0 Å². The number of carbonyl (C=O) groups is 2. The molecule has 3 rings (SSSR count). The van der Waals surface area contributed by atoms with Crippen LogP contribution in [0.15, 0.2) is 40.8 Å². The summed E-state index contributed by atoms with van der Waals surface area (Å²) in [6.45, 7) is 0.610. The maximum absolute atomic E-state index is 12.7. The summed E-state index contributed by atoms with van der Waals surface area (Å²) in [5.74, 6) is -1.66. The summed E-state index contributed by atoms with van der Waals surface area (Å²) in [6.07, 6.45) is 2.79. The highest BCUT2D eigenvalue weighted by Gasteiger charge is 2.30. The van der Waals surface area contributed by atoms with Gasteiger partial charge in [0.2, 0.25) is 5.76 Å². The second-order valence-electron chi connectivity index (χ2n) is 5.53. The minimum atomic E-state index is -1.19. The van der Waals surface area contributed by atoms with Crippen LogP contribution in [0.3, 0.4) is 0 Å². The average Bonchev–Trinajstić information content (AvgIpc) is 3.04. The van der Waals surface area contributed by atoms with E-state index in [4.69, 9.17) is 21.1 Å². The highest BCUT2D eigenvalue weighted by atomic mass is 35.5. The lowest BCUT2D eigenvalue weighted by Crippen LogP contribution is -2.38. The van der Waals surface area contributed by atoms with Gasteiger partial charge in [-0.1, -0.05) is 23.7 Å². The molecule has 0 bridgehead atoms. The number of nitrogens with zero attached hydrogens (tertiary/aromatic N) is 1. The number of hydrogen-bond donors (Lipinski definition) is 1. The third kappa shape index (κ3) is 3.24. The molecule has 5 nitrogen and oxygen atoms in total. The van der Waals surface area contributed by atoms with Crippen LogP contribution in [0.2, 0.25) is 5.02 Å². The molecule has 1 aromatic carbocycles. The Hall–Kier alpha value is -2.27. The summed E-state index contributed by atoms with van der Waals surface area (Å²) in [5.41, 5.74) is 0.982. The first-order valence-electron chi connectivity index (χ1n) is 7.46. The van der Waals surface area contributed by atoms with Crippen molar-refractivity contribution in [2.75, 3.05) is 6.54 Å². The van der Waals surface area contributed by atoms with Crippen LogP contribution >= 0.6 is 11.6 Å². The largest absolute Gasteiger partial charge is 0.475 e. The van der Waals surface area contributed by atoms with Crippen molar-refractivity contribution in [1.29, 1.82) is 0 Å². The zero-order valence-corrected chi connectivity index (χ0v) is 13.1. The number of aromatic carboxylic acids is 1. The molecule has 1 saturated heterocycles. The van der Waals surface area contributed by atoms with Gasteiger partial charge in [-0.25, -0.2) is 4.79 Å². The van der Waals surface area contributed by atoms with Crippen molar-refractivity contribution in [3.05, 3.63) is 58.5 Å². The number of hydrogen-bond acceptors (Lipinski definition) is 3. The number of piperidine rings is 1. The highest BCUT2D eigenvalue weighted by Crippen LogP contribution is 2.33. The van der Waals surface area contributed by atoms with E-state index in [-0.39, 0.29) is 23.5 Å². The summed E-state index contributed by atoms with van der Waals surface area (Å²) in [6, 6.07) is 10.1. The van der Waals surface area contributed by atoms with Crippen molar-refractivity contribution in [2.45, 2.75) is 25.3 Å². The molecule has 1 fully saturated rings. The van der Waals surface area contributed by atoms with Crippen LogP contribution in [0.5, 0.6) is 0 Å². The Morgan fingerprint density at radius 2 is 1.96 bits per heavy atom. The number of likely N-dealkylation sites (tertiary alicyclic amines) is 1. The molecule has 1 aliphatic rings. The Bertz CT molecular complexity index is 740. The predicted molar refractivity (Wildman–Crippen MR) is 84.7 cm³/mol. The number of rotatable bonds is 3. The molecule has 0 saturated carbocycles. The van der Waals surface area contributed by atoms with Crippen LogP contribution in [0.25, 0.3) is 0 Å². The smallest absolute Gasteiger partial charge is 0.371 e. The van der Waals surface area contributed by atoms with Crippen molar-refractivity contribution in [2.24, 2.45) is 0 Å². The fourth-order valence-electron chi connectivity index (χ4n) is 2.94. The van der Waals surface area contributed by atoms with Gasteiger partial charge in [0.05, 0.1) is 6.04 Å². The minimum Gasteiger partial charge on any atom is -0.475 e. The molecule has 23 heavy (non-hydrogen) atoms. The topological polar surface area (TPSA) is 70.8 Å². The fraction of sp³-hybridized carbons (Fsp3) is 0.294. The monoisotopic (exact) mass is 333 g/mol. The number of amides is 1. The van der Waals surface area contributed by atoms with E-state index < -0.39 is 5.97 Å². The molecule has 0 aliphatic carbocycles. The van der Waals surface area contributed by atoms with E-state index in [0.29, 0.717) is 11.6 Å². The molecular formula is C17H16ClNO4. The first-order chi connectivity index (χ1) is 11.1. The Kier molecular flexibility index (Phi) is 4.39. The summed E-state index contributed by atoms with van der Waals surface area (Å²) in [4.78, 5) is 25.3. The van der Waals surface area contributed by atoms with Gasteiger partial charge in [-0.15, -0.1) is 0 Å². The Morgan fingerprint density at radius 1 is 1.17 bits per heavy atom. The molecule has 1 aromatic heterocycles. The Labute approximate surface area is 138 Å². The van der Waals surface area contributed by atoms with E-state index in [1.54, 1.807) is 11.0 Å². The Balaban J connectivity index is 1.88. The van der Waals surface area contributed by atoms with Crippen molar-refractivity contribution >= 4 is 23.5 Å². The first kappa shape index (κ1) is 15.6. The number of carboxylic acids is 1. The summed E-state index contributed by atoms with van der Waals surface area (Å²) < 4.78 is 5.15. The quantitative estimate of drug-likeness (QED) is 0.921. The van der Waals surface area contributed by atoms with E-state index in [9.17, 15) is 9.59 Å². The molecule has 1 aliphatic heterocycles. The predicted octanol–water partition coefficient (Wildman–Crippen LogP) is 4.00. The molecule has 1 unspecified atom stereocenters. The van der Waals surface area contributed by atoms with E-state index >= 15 is 0 Å². The van der Waals surface area contributed by atoms with E-state index in [0.717, 1.165) is 24.8 Å². The number of carbonyl (C=O) groups excluding carboxylic acids is 1. The van der Waals surface area contributed by atoms with Crippen molar-refractivity contribution < 1.29 is 19.1 Å². The molecule has 1 atom stereocenters. The maximum atomic E-state index is 12.7. The maximum Gasteiger partial charge on any atom is 0.371 e. The Morgan fingerprint density at radius 3 is 2.65 bits per heavy atom. The molecular weight excluding hydrogens is 318 g/mol. The highest BCUT2D eigenvalue weighted by molar-refractivity contribution is 6.30. The van der Waals surface area contributed by atoms with Crippen LogP contribution in [-0.4, -0.2) is 28.4 Å². The SMILES string of the molecule is O=C(O)c1ccc(C(=O)N2CCCCC2c2cccc(Cl)c2)o1. The second kappa shape index (κ2) is 6.46. The fourth-order valence-corrected chi connectivity index (χ4v) is 3.14. The van der Waals surface area contributed by atoms with Crippen LogP contribution in [0, 0.1) is 0 Å². The lowest BCUT2D eigenvalue weighted by atomic mass is 9.95. The molecule has 2 heterocycles. The number of furan rings is 1. The van der Waals surface area contributed by atoms with Gasteiger partial charge in [-0.3, -0.25) is 4.79 Å². The zero-order valence-electron chi connectivity index (χ0n) is 12.4. The summed E-state index contributed by atoms with van der Waals surface area (Å²) in [7, 11) is 0. The van der Waals surface area contributed by atoms with Crippen LogP contribution < -0.4 is 0 Å². The van der Waals surface area contributed by atoms with Crippen molar-refractivity contribution in [1.82, 2.24) is 4.90 Å². The minimum absolute atomic E-state index is 0.0522. The van der Waals surface area contributed by atoms with Gasteiger partial charge in [0.25, 0.3) is 5.91 Å². The van der Waals surface area contributed by atoms with Gasteiger partial charge in [0, 0.05) is 11.6 Å². The third-order valence-corrected chi connectivity index (χ3v) is 4.26. The van der Waals surface area contributed by atoms with E-state index in [1.165, 1.54) is 12.1 Å². The zero-order chi connectivity index (χ0) is 16.4. The number of carboxylic acid groups (broad SMARTS) is 1. The first-order valence-corrected chi connectivity index (χ1v) is 7.83. The summed E-state index contributed by atoms with van der Waals surface area (Å²) >= 11 is 6.06. The van der Waals surface area contributed by atoms with Crippen LogP contribution in [0.1, 0.15) is 52.0 Å². The van der Waals surface area contributed by atoms with Gasteiger partial charge in [0.15, 0.2) is 5.76 Å². The molecule has 0 radical (unpaired) electrons. The van der Waals surface area contributed by atoms with Crippen molar-refractivity contribution in [3.63, 3.8) is 0 Å². The molecule has 120 valence electrons. The third-order valence-electron chi connectivity index (χ3n) is 4.02. The normalized spacial score (nSPS) is 18.0. The van der Waals surface area contributed by atoms with E-state index in [1.807, 2.05) is 18.2 Å². The van der Waals surface area contributed by atoms with Gasteiger partial charge >= 0.3 is 5.97 Å². The molecule has 1 N–H and O–H groups in total. The average molecular weight is 334 g/mol. The molecule has 0 spiro atoms. The number of halogens is 1. The van der Waals surface area contributed by atoms with Gasteiger partial charge in [-0.05, 0) is 49.1 Å². The molecule has 2 aromatic rings. The standard InChI is InChI=1S/C17H16ClNO4/c18-12-5-3-4-11(10-12)13-6-1-2-9-19(13)16(20)14-7-8-15(23-14)17(21)22/h3-5,7-8,10,13H,1-2,6,9H2,(H,21,22). The second-order valence-corrected chi connectivity index (χ2v) is 5.97. The lowest BCUT2D eigenvalue weighted by molar-refractivity contribution is 0.0568. The van der Waals surface area contributed by atoms with Gasteiger partial charge < -0.3 is 14.4 Å². The van der Waals surface area contributed by atoms with Gasteiger partial charge in [0.1, 0.15) is 0 Å². The number of benzene rings is 1. The summed E-state index contributed by atoms with van der Waals surface area (Å²) in [5, 5.41) is 9.55. The van der Waals surface area contributed by atoms with Gasteiger partial charge in [-0.2, -0.15) is 0 Å². The lowest BCUT2D eigenvalue weighted by Gasteiger charge is -2.35. The molecule has 1 amide bonds. The van der Waals surface area contributed by atoms with E-state index in [2.05, 4.69) is 0 Å². The van der Waals surface area contributed by atoms with Crippen LogP contribution in [-0.2, 0) is 0 Å². The van der Waals surface area contributed by atoms with Crippen LogP contribution in [0.4, 0.5) is 0 Å².